The van der Waals surface area contributed by atoms with Gasteiger partial charge in [0.25, 0.3) is 0 Å². The van der Waals surface area contributed by atoms with Crippen LogP contribution in [-0.2, 0) is 0 Å². The van der Waals surface area contributed by atoms with Gasteiger partial charge in [-0.15, -0.1) is 0 Å². The number of nitrogens with zero attached hydrogens (tertiary/aromatic N) is 1. The van der Waals surface area contributed by atoms with Crippen LogP contribution >= 0.6 is 0 Å². The molecule has 20 heavy (non-hydrogen) atoms. The van der Waals surface area contributed by atoms with Gasteiger partial charge in [0.2, 0.25) is 0 Å². The van der Waals surface area contributed by atoms with Gasteiger partial charge in [-0.1, -0.05) is 42.5 Å². The summed E-state index contributed by atoms with van der Waals surface area (Å²) < 4.78 is 0. The first-order valence-electron chi connectivity index (χ1n) is 6.70. The van der Waals surface area contributed by atoms with Gasteiger partial charge in [-0.05, 0) is 30.0 Å². The molecule has 3 nitrogen and oxygen atoms in total. The summed E-state index contributed by atoms with van der Waals surface area (Å²) in [6.07, 6.45) is 1.83. The van der Waals surface area contributed by atoms with E-state index < -0.39 is 0 Å². The summed E-state index contributed by atoms with van der Waals surface area (Å²) in [7, 11) is 0. The van der Waals surface area contributed by atoms with Crippen LogP contribution in [0.1, 0.15) is 18.5 Å². The minimum absolute atomic E-state index is 0.106. The van der Waals surface area contributed by atoms with Crippen LogP contribution in [0.25, 0.3) is 10.8 Å². The first-order chi connectivity index (χ1) is 9.75. The summed E-state index contributed by atoms with van der Waals surface area (Å²) in [6.45, 7) is 2.09. The fraction of sp³-hybridized carbons (Fsp3) is 0.118. The van der Waals surface area contributed by atoms with E-state index >= 15 is 0 Å². The van der Waals surface area contributed by atoms with Crippen molar-refractivity contribution < 1.29 is 0 Å². The van der Waals surface area contributed by atoms with Crippen LogP contribution in [0.2, 0.25) is 0 Å². The minimum Gasteiger partial charge on any atom is -0.398 e. The largest absolute Gasteiger partial charge is 0.398 e. The molecule has 1 heterocycles. The lowest BCUT2D eigenvalue weighted by Gasteiger charge is -2.18. The Bertz CT molecular complexity index is 732. The van der Waals surface area contributed by atoms with Gasteiger partial charge in [0.1, 0.15) is 5.82 Å². The van der Waals surface area contributed by atoms with Gasteiger partial charge >= 0.3 is 0 Å². The quantitative estimate of drug-likeness (QED) is 0.702. The highest BCUT2D eigenvalue weighted by Crippen LogP contribution is 2.27. The van der Waals surface area contributed by atoms with Gasteiger partial charge in [0, 0.05) is 17.3 Å². The Balaban J connectivity index is 1.96. The van der Waals surface area contributed by atoms with Gasteiger partial charge in [0.05, 0.1) is 6.04 Å². The summed E-state index contributed by atoms with van der Waals surface area (Å²) >= 11 is 0. The highest BCUT2D eigenvalue weighted by Gasteiger charge is 2.10. The number of rotatable bonds is 3. The summed E-state index contributed by atoms with van der Waals surface area (Å²) in [5.41, 5.74) is 7.91. The van der Waals surface area contributed by atoms with Gasteiger partial charge in [-0.3, -0.25) is 0 Å². The van der Waals surface area contributed by atoms with Crippen LogP contribution in [0.15, 0.2) is 60.8 Å². The number of nitrogens with two attached hydrogens (primary N) is 1. The third-order valence-corrected chi connectivity index (χ3v) is 3.49. The predicted octanol–water partition coefficient (Wildman–Crippen LogP) is 3.99. The van der Waals surface area contributed by atoms with Crippen molar-refractivity contribution >= 4 is 22.3 Å². The van der Waals surface area contributed by atoms with Crippen LogP contribution in [0.4, 0.5) is 11.5 Å². The van der Waals surface area contributed by atoms with Crippen LogP contribution < -0.4 is 11.1 Å². The van der Waals surface area contributed by atoms with E-state index in [1.165, 1.54) is 5.39 Å². The molecule has 3 aromatic rings. The van der Waals surface area contributed by atoms with Crippen molar-refractivity contribution in [3.8, 4) is 0 Å². The molecule has 3 N–H and O–H groups in total. The van der Waals surface area contributed by atoms with Crippen LogP contribution in [0, 0.1) is 0 Å². The molecule has 0 saturated carbocycles. The molecule has 0 radical (unpaired) electrons. The Kier molecular flexibility index (Phi) is 3.25. The van der Waals surface area contributed by atoms with Gasteiger partial charge in [-0.2, -0.15) is 0 Å². The minimum atomic E-state index is 0.106. The molecule has 0 spiro atoms. The number of benzene rings is 2. The highest BCUT2D eigenvalue weighted by atomic mass is 15.0. The topological polar surface area (TPSA) is 50.9 Å². The van der Waals surface area contributed by atoms with Crippen LogP contribution in [0.3, 0.4) is 0 Å². The number of aromatic nitrogens is 1. The number of hydrogen-bond donors (Lipinski definition) is 2. The van der Waals surface area contributed by atoms with Crippen molar-refractivity contribution in [1.82, 2.24) is 4.98 Å². The molecule has 0 aliphatic rings. The van der Waals surface area contributed by atoms with E-state index in [0.29, 0.717) is 0 Å². The molecule has 1 aromatic heterocycles. The first kappa shape index (κ1) is 12.5. The maximum Gasteiger partial charge on any atom is 0.134 e. The number of anilines is 2. The lowest BCUT2D eigenvalue weighted by molar-refractivity contribution is 0.881. The van der Waals surface area contributed by atoms with Crippen molar-refractivity contribution in [1.29, 1.82) is 0 Å². The van der Waals surface area contributed by atoms with Gasteiger partial charge in [-0.25, -0.2) is 4.98 Å². The van der Waals surface area contributed by atoms with Crippen molar-refractivity contribution in [2.75, 3.05) is 11.1 Å². The zero-order valence-corrected chi connectivity index (χ0v) is 11.4. The molecular formula is C17H17N3. The summed E-state index contributed by atoms with van der Waals surface area (Å²) in [6, 6.07) is 18.2. The number of para-hydroxylation sites is 1. The van der Waals surface area contributed by atoms with Crippen molar-refractivity contribution in [3.05, 3.63) is 66.4 Å². The molecule has 0 aliphatic heterocycles. The van der Waals surface area contributed by atoms with E-state index in [1.54, 1.807) is 0 Å². The molecule has 100 valence electrons. The Morgan fingerprint density at radius 2 is 1.75 bits per heavy atom. The highest BCUT2D eigenvalue weighted by molar-refractivity contribution is 5.91. The molecule has 1 unspecified atom stereocenters. The molecule has 2 aromatic carbocycles. The molecule has 1 atom stereocenters. The molecule has 0 fully saturated rings. The third kappa shape index (κ3) is 2.30. The van der Waals surface area contributed by atoms with Crippen LogP contribution in [0.5, 0.6) is 0 Å². The van der Waals surface area contributed by atoms with Crippen molar-refractivity contribution in [2.45, 2.75) is 13.0 Å². The molecule has 3 rings (SSSR count). The summed E-state index contributed by atoms with van der Waals surface area (Å²) in [5.74, 6) is 0.888. The Morgan fingerprint density at radius 3 is 2.60 bits per heavy atom. The second-order valence-electron chi connectivity index (χ2n) is 4.88. The number of hydrogen-bond acceptors (Lipinski definition) is 3. The van der Waals surface area contributed by atoms with E-state index in [2.05, 4.69) is 29.4 Å². The SMILES string of the molecule is CC(Nc1nccc2ccccc12)c1ccccc1N. The van der Waals surface area contributed by atoms with Crippen molar-refractivity contribution in [2.24, 2.45) is 0 Å². The summed E-state index contributed by atoms with van der Waals surface area (Å²) in [4.78, 5) is 4.45. The predicted molar refractivity (Wildman–Crippen MR) is 84.6 cm³/mol. The number of nitrogen functional groups attached to an aromatic ring is 1. The van der Waals surface area contributed by atoms with E-state index in [9.17, 15) is 0 Å². The molecule has 0 aliphatic carbocycles. The fourth-order valence-electron chi connectivity index (χ4n) is 2.42. The molecule has 0 bridgehead atoms. The number of pyridine rings is 1. The van der Waals surface area contributed by atoms with Crippen LogP contribution in [-0.4, -0.2) is 4.98 Å². The molecule has 0 saturated heterocycles. The lowest BCUT2D eigenvalue weighted by Crippen LogP contribution is -2.10. The Morgan fingerprint density at radius 1 is 1.00 bits per heavy atom. The first-order valence-corrected chi connectivity index (χ1v) is 6.70. The average Bonchev–Trinajstić information content (AvgIpc) is 2.48. The monoisotopic (exact) mass is 263 g/mol. The normalized spacial score (nSPS) is 12.2. The van der Waals surface area contributed by atoms with E-state index in [0.717, 1.165) is 22.5 Å². The smallest absolute Gasteiger partial charge is 0.134 e. The maximum atomic E-state index is 6.03. The molecule has 3 heteroatoms. The van der Waals surface area contributed by atoms with Gasteiger partial charge in [0.15, 0.2) is 0 Å². The third-order valence-electron chi connectivity index (χ3n) is 3.49. The second kappa shape index (κ2) is 5.21. The van der Waals surface area contributed by atoms with E-state index in [4.69, 9.17) is 5.73 Å². The maximum absolute atomic E-state index is 6.03. The zero-order chi connectivity index (χ0) is 13.9. The zero-order valence-electron chi connectivity index (χ0n) is 11.4. The average molecular weight is 263 g/mol. The fourth-order valence-corrected chi connectivity index (χ4v) is 2.42. The number of nitrogens with one attached hydrogen (secondary N) is 1. The van der Waals surface area contributed by atoms with E-state index in [-0.39, 0.29) is 6.04 Å². The molecular weight excluding hydrogens is 246 g/mol. The summed E-state index contributed by atoms with van der Waals surface area (Å²) in [5, 5.41) is 5.75. The lowest BCUT2D eigenvalue weighted by atomic mass is 10.1. The molecule has 0 amide bonds. The standard InChI is InChI=1S/C17H17N3/c1-12(14-7-4-5-9-16(14)18)20-17-15-8-3-2-6-13(15)10-11-19-17/h2-12H,18H2,1H3,(H,19,20). The van der Waals surface area contributed by atoms with Gasteiger partial charge < -0.3 is 11.1 Å². The Labute approximate surface area is 118 Å². The van der Waals surface area contributed by atoms with E-state index in [1.807, 2.05) is 48.7 Å². The second-order valence-corrected chi connectivity index (χ2v) is 4.88. The van der Waals surface area contributed by atoms with Crippen molar-refractivity contribution in [3.63, 3.8) is 0 Å². The number of fused-ring (bicyclic) bond motifs is 1. The Hall–Kier alpha value is -2.55.